The Labute approximate surface area is 170 Å². The van der Waals surface area contributed by atoms with Gasteiger partial charge in [-0.25, -0.2) is 14.2 Å². The van der Waals surface area contributed by atoms with Crippen molar-refractivity contribution in [3.05, 3.63) is 62.8 Å². The summed E-state index contributed by atoms with van der Waals surface area (Å²) in [5.74, 6) is -1.45. The number of benzene rings is 1. The minimum absolute atomic E-state index is 0.0206. The molecular formula is C20H21FN4O5. The molecule has 1 atom stereocenters. The predicted molar refractivity (Wildman–Crippen MR) is 106 cm³/mol. The molecule has 10 heteroatoms. The van der Waals surface area contributed by atoms with Crippen molar-refractivity contribution in [1.29, 1.82) is 0 Å². The first kappa shape index (κ1) is 21.2. The Morgan fingerprint density at radius 1 is 1.13 bits per heavy atom. The van der Waals surface area contributed by atoms with E-state index in [4.69, 9.17) is 4.74 Å². The van der Waals surface area contributed by atoms with Crippen LogP contribution in [-0.2, 0) is 30.2 Å². The van der Waals surface area contributed by atoms with Gasteiger partial charge in [0.1, 0.15) is 5.82 Å². The van der Waals surface area contributed by atoms with Crippen molar-refractivity contribution in [3.8, 4) is 0 Å². The summed E-state index contributed by atoms with van der Waals surface area (Å²) in [4.78, 5) is 52.8. The summed E-state index contributed by atoms with van der Waals surface area (Å²) < 4.78 is 22.0. The van der Waals surface area contributed by atoms with Crippen LogP contribution in [-0.4, -0.2) is 36.5 Å². The number of aromatic nitrogens is 4. The van der Waals surface area contributed by atoms with Crippen LogP contribution >= 0.6 is 0 Å². The summed E-state index contributed by atoms with van der Waals surface area (Å²) in [5, 5.41) is 0. The lowest BCUT2D eigenvalue weighted by molar-refractivity contribution is -0.146. The van der Waals surface area contributed by atoms with E-state index in [1.807, 2.05) is 0 Å². The first-order valence-corrected chi connectivity index (χ1v) is 9.30. The highest BCUT2D eigenvalue weighted by Gasteiger charge is 2.20. The third kappa shape index (κ3) is 4.07. The molecule has 2 heterocycles. The second-order valence-electron chi connectivity index (χ2n) is 6.92. The Bertz CT molecular complexity index is 1220. The van der Waals surface area contributed by atoms with Crippen molar-refractivity contribution in [1.82, 2.24) is 18.7 Å². The number of Topliss-reactive ketones (excluding diaryl/α,β-unsaturated/α-hetero) is 1. The number of aryl methyl sites for hydroxylation is 2. The third-order valence-corrected chi connectivity index (χ3v) is 4.80. The smallest absolute Gasteiger partial charge is 0.332 e. The maximum atomic E-state index is 13.0. The standard InChI is InChI=1S/C20H21FN4O5/c1-12(17(27)13-6-8-14(21)9-7-13)30-15(26)5-4-10-25-11-22-18-16(25)19(28)24(3)20(29)23(18)2/h6-9,11-12H,4-5,10H2,1-3H3/t12-/m1/s1. The maximum Gasteiger partial charge on any atom is 0.332 e. The number of esters is 1. The van der Waals surface area contributed by atoms with Crippen LogP contribution in [0.3, 0.4) is 0 Å². The van der Waals surface area contributed by atoms with Gasteiger partial charge in [0.05, 0.1) is 6.33 Å². The average Bonchev–Trinajstić information content (AvgIpc) is 3.14. The van der Waals surface area contributed by atoms with Gasteiger partial charge in [-0.3, -0.25) is 23.5 Å². The summed E-state index contributed by atoms with van der Waals surface area (Å²) in [5.41, 5.74) is -0.145. The van der Waals surface area contributed by atoms with E-state index in [-0.39, 0.29) is 23.1 Å². The van der Waals surface area contributed by atoms with E-state index in [2.05, 4.69) is 4.98 Å². The molecule has 30 heavy (non-hydrogen) atoms. The predicted octanol–water partition coefficient (Wildman–Crippen LogP) is 1.17. The topological polar surface area (TPSA) is 105 Å². The molecule has 3 rings (SSSR count). The van der Waals surface area contributed by atoms with Crippen LogP contribution in [0, 0.1) is 5.82 Å². The summed E-state index contributed by atoms with van der Waals surface area (Å²) in [6, 6.07) is 4.99. The molecular weight excluding hydrogens is 395 g/mol. The van der Waals surface area contributed by atoms with Gasteiger partial charge in [-0.1, -0.05) is 0 Å². The number of ether oxygens (including phenoxy) is 1. The summed E-state index contributed by atoms with van der Waals surface area (Å²) >= 11 is 0. The minimum Gasteiger partial charge on any atom is -0.454 e. The zero-order chi connectivity index (χ0) is 22.0. The highest BCUT2D eigenvalue weighted by Crippen LogP contribution is 2.11. The van der Waals surface area contributed by atoms with E-state index < -0.39 is 34.9 Å². The van der Waals surface area contributed by atoms with Crippen LogP contribution in [0.2, 0.25) is 0 Å². The van der Waals surface area contributed by atoms with E-state index in [0.717, 1.165) is 16.7 Å². The van der Waals surface area contributed by atoms with Gasteiger partial charge in [-0.05, 0) is 37.6 Å². The fourth-order valence-corrected chi connectivity index (χ4v) is 3.12. The van der Waals surface area contributed by atoms with Gasteiger partial charge < -0.3 is 9.30 Å². The van der Waals surface area contributed by atoms with Crippen LogP contribution in [0.25, 0.3) is 11.2 Å². The normalized spacial score (nSPS) is 12.1. The molecule has 0 saturated carbocycles. The minimum atomic E-state index is -1.00. The van der Waals surface area contributed by atoms with E-state index >= 15 is 0 Å². The Morgan fingerprint density at radius 3 is 2.47 bits per heavy atom. The van der Waals surface area contributed by atoms with E-state index in [1.165, 1.54) is 44.0 Å². The van der Waals surface area contributed by atoms with Gasteiger partial charge in [0.15, 0.2) is 17.3 Å². The largest absolute Gasteiger partial charge is 0.454 e. The highest BCUT2D eigenvalue weighted by atomic mass is 19.1. The molecule has 2 aromatic heterocycles. The number of ketones is 1. The molecule has 0 aliphatic rings. The molecule has 158 valence electrons. The zero-order valence-electron chi connectivity index (χ0n) is 16.8. The number of hydrogen-bond donors (Lipinski definition) is 0. The fourth-order valence-electron chi connectivity index (χ4n) is 3.12. The van der Waals surface area contributed by atoms with Crippen molar-refractivity contribution in [3.63, 3.8) is 0 Å². The van der Waals surface area contributed by atoms with E-state index in [0.29, 0.717) is 13.0 Å². The Kier molecular flexibility index (Phi) is 5.95. The summed E-state index contributed by atoms with van der Waals surface area (Å²) in [6.45, 7) is 1.76. The fraction of sp³-hybridized carbons (Fsp3) is 0.350. The Hall–Kier alpha value is -3.56. The van der Waals surface area contributed by atoms with Gasteiger partial charge in [0.2, 0.25) is 5.78 Å². The molecule has 0 unspecified atom stereocenters. The van der Waals surface area contributed by atoms with Crippen LogP contribution in [0.5, 0.6) is 0 Å². The highest BCUT2D eigenvalue weighted by molar-refractivity contribution is 6.00. The van der Waals surface area contributed by atoms with Gasteiger partial charge in [-0.15, -0.1) is 0 Å². The van der Waals surface area contributed by atoms with Crippen LogP contribution < -0.4 is 11.2 Å². The molecule has 0 bridgehead atoms. The van der Waals surface area contributed by atoms with Crippen LogP contribution in [0.1, 0.15) is 30.1 Å². The lowest BCUT2D eigenvalue weighted by Crippen LogP contribution is -2.37. The molecule has 0 N–H and O–H groups in total. The second-order valence-corrected chi connectivity index (χ2v) is 6.92. The van der Waals surface area contributed by atoms with Gasteiger partial charge in [-0.2, -0.15) is 0 Å². The number of halogens is 1. The molecule has 0 saturated heterocycles. The Balaban J connectivity index is 1.61. The molecule has 0 amide bonds. The quantitative estimate of drug-likeness (QED) is 0.423. The lowest BCUT2D eigenvalue weighted by Gasteiger charge is -2.12. The molecule has 9 nitrogen and oxygen atoms in total. The molecule has 0 radical (unpaired) electrons. The number of imidazole rings is 1. The number of rotatable bonds is 7. The number of hydrogen-bond acceptors (Lipinski definition) is 6. The first-order valence-electron chi connectivity index (χ1n) is 9.30. The summed E-state index contributed by atoms with van der Waals surface area (Å²) in [7, 11) is 2.91. The second kappa shape index (κ2) is 8.44. The number of fused-ring (bicyclic) bond motifs is 1. The van der Waals surface area contributed by atoms with Crippen LogP contribution in [0.4, 0.5) is 4.39 Å². The van der Waals surface area contributed by atoms with Crippen LogP contribution in [0.15, 0.2) is 40.2 Å². The van der Waals surface area contributed by atoms with Gasteiger partial charge >= 0.3 is 11.7 Å². The molecule has 0 aliphatic carbocycles. The zero-order valence-corrected chi connectivity index (χ0v) is 16.8. The number of carbonyl (C=O) groups excluding carboxylic acids is 2. The van der Waals surface area contributed by atoms with E-state index in [9.17, 15) is 23.6 Å². The van der Waals surface area contributed by atoms with Gasteiger partial charge in [0, 0.05) is 32.6 Å². The molecule has 0 spiro atoms. The molecule has 0 aliphatic heterocycles. The first-order chi connectivity index (χ1) is 14.2. The van der Waals surface area contributed by atoms with Crippen molar-refractivity contribution in [2.45, 2.75) is 32.4 Å². The molecule has 1 aromatic carbocycles. The Morgan fingerprint density at radius 2 is 1.80 bits per heavy atom. The van der Waals surface area contributed by atoms with Crippen molar-refractivity contribution in [2.75, 3.05) is 0 Å². The van der Waals surface area contributed by atoms with Crippen molar-refractivity contribution >= 4 is 22.9 Å². The monoisotopic (exact) mass is 416 g/mol. The summed E-state index contributed by atoms with van der Waals surface area (Å²) in [6.07, 6.45) is 0.803. The molecule has 3 aromatic rings. The van der Waals surface area contributed by atoms with Crippen molar-refractivity contribution in [2.24, 2.45) is 14.1 Å². The third-order valence-electron chi connectivity index (χ3n) is 4.80. The van der Waals surface area contributed by atoms with Gasteiger partial charge in [0.25, 0.3) is 5.56 Å². The molecule has 0 fully saturated rings. The number of nitrogens with zero attached hydrogens (tertiary/aromatic N) is 4. The van der Waals surface area contributed by atoms with E-state index in [1.54, 1.807) is 4.57 Å². The SMILES string of the molecule is C[C@@H](OC(=O)CCCn1cnc2c1c(=O)n(C)c(=O)n2C)C(=O)c1ccc(F)cc1. The maximum absolute atomic E-state index is 13.0. The number of carbonyl (C=O) groups is 2. The average molecular weight is 416 g/mol. The van der Waals surface area contributed by atoms with Crippen molar-refractivity contribution < 1.29 is 18.7 Å². The lowest BCUT2D eigenvalue weighted by atomic mass is 10.1.